The fourth-order valence-electron chi connectivity index (χ4n) is 2.20. The van der Waals surface area contributed by atoms with Gasteiger partial charge in [0.1, 0.15) is 5.69 Å². The summed E-state index contributed by atoms with van der Waals surface area (Å²) in [5, 5.41) is 13.7. The Morgan fingerprint density at radius 3 is 2.57 bits per heavy atom. The Hall–Kier alpha value is -3.08. The summed E-state index contributed by atoms with van der Waals surface area (Å²) in [7, 11) is 0. The Bertz CT molecular complexity index is 899. The molecule has 5 heteroatoms. The van der Waals surface area contributed by atoms with E-state index in [1.165, 1.54) is 4.80 Å². The lowest BCUT2D eigenvalue weighted by Crippen LogP contribution is -1.99. The maximum Gasteiger partial charge on any atom is 0.205 e. The van der Waals surface area contributed by atoms with Crippen LogP contribution in [-0.4, -0.2) is 25.2 Å². The first-order valence-electron chi connectivity index (χ1n) is 6.61. The quantitative estimate of drug-likeness (QED) is 0.563. The van der Waals surface area contributed by atoms with E-state index in [2.05, 4.69) is 20.4 Å². The smallest absolute Gasteiger partial charge is 0.205 e. The third-order valence-corrected chi connectivity index (χ3v) is 3.25. The molecule has 4 aromatic rings. The molecule has 21 heavy (non-hydrogen) atoms. The number of para-hydroxylation sites is 1. The lowest BCUT2D eigenvalue weighted by atomic mass is 10.2. The first-order chi connectivity index (χ1) is 10.4. The van der Waals surface area contributed by atoms with Gasteiger partial charge < -0.3 is 0 Å². The normalized spacial score (nSPS) is 10.9. The highest BCUT2D eigenvalue weighted by atomic mass is 15.6. The number of hydrogen-bond donors (Lipinski definition) is 0. The van der Waals surface area contributed by atoms with Crippen molar-refractivity contribution in [1.82, 2.24) is 25.2 Å². The van der Waals surface area contributed by atoms with E-state index in [-0.39, 0.29) is 0 Å². The Morgan fingerprint density at radius 1 is 0.857 bits per heavy atom. The van der Waals surface area contributed by atoms with Gasteiger partial charge in [0.2, 0.25) is 5.82 Å². The van der Waals surface area contributed by atoms with E-state index in [1.807, 2.05) is 60.7 Å². The van der Waals surface area contributed by atoms with Crippen LogP contribution in [0.3, 0.4) is 0 Å². The summed E-state index contributed by atoms with van der Waals surface area (Å²) in [4.78, 5) is 5.91. The average molecular weight is 273 g/mol. The van der Waals surface area contributed by atoms with E-state index in [1.54, 1.807) is 6.20 Å². The van der Waals surface area contributed by atoms with Gasteiger partial charge in [0, 0.05) is 10.9 Å². The van der Waals surface area contributed by atoms with E-state index >= 15 is 0 Å². The highest BCUT2D eigenvalue weighted by Crippen LogP contribution is 2.16. The van der Waals surface area contributed by atoms with Gasteiger partial charge in [0.15, 0.2) is 0 Å². The predicted octanol–water partition coefficient (Wildman–Crippen LogP) is 2.88. The van der Waals surface area contributed by atoms with Crippen LogP contribution in [0.4, 0.5) is 0 Å². The number of pyridine rings is 1. The minimum atomic E-state index is 0.601. The van der Waals surface area contributed by atoms with Crippen molar-refractivity contribution in [1.29, 1.82) is 0 Å². The van der Waals surface area contributed by atoms with Crippen LogP contribution >= 0.6 is 0 Å². The molecule has 0 aliphatic carbocycles. The molecule has 4 rings (SSSR count). The Balaban J connectivity index is 1.77. The molecule has 2 aromatic heterocycles. The van der Waals surface area contributed by atoms with Crippen LogP contribution in [0.2, 0.25) is 0 Å². The molecule has 0 aliphatic rings. The lowest BCUT2D eigenvalue weighted by molar-refractivity contribution is 0.718. The van der Waals surface area contributed by atoms with Crippen molar-refractivity contribution >= 4 is 10.9 Å². The molecule has 0 aliphatic heterocycles. The van der Waals surface area contributed by atoms with Gasteiger partial charge in [-0.15, -0.1) is 15.0 Å². The Kier molecular flexibility index (Phi) is 2.67. The van der Waals surface area contributed by atoms with Crippen molar-refractivity contribution in [3.63, 3.8) is 0 Å². The van der Waals surface area contributed by atoms with E-state index in [9.17, 15) is 0 Å². The summed E-state index contributed by atoms with van der Waals surface area (Å²) in [6.45, 7) is 0. The molecule has 0 spiro atoms. The van der Waals surface area contributed by atoms with E-state index in [0.717, 1.165) is 22.2 Å². The van der Waals surface area contributed by atoms with Gasteiger partial charge in [0.25, 0.3) is 0 Å². The van der Waals surface area contributed by atoms with Gasteiger partial charge in [-0.3, -0.25) is 4.98 Å². The van der Waals surface area contributed by atoms with Crippen molar-refractivity contribution in [3.05, 3.63) is 66.9 Å². The van der Waals surface area contributed by atoms with Gasteiger partial charge in [-0.25, -0.2) is 0 Å². The number of benzene rings is 2. The average Bonchev–Trinajstić information content (AvgIpc) is 3.05. The van der Waals surface area contributed by atoms with Gasteiger partial charge in [-0.2, -0.15) is 0 Å². The molecule has 100 valence electrons. The van der Waals surface area contributed by atoms with Crippen LogP contribution in [-0.2, 0) is 0 Å². The molecule has 0 amide bonds. The lowest BCUT2D eigenvalue weighted by Gasteiger charge is -2.00. The van der Waals surface area contributed by atoms with Gasteiger partial charge in [-0.05, 0) is 17.3 Å². The molecular formula is C16H11N5. The second-order valence-electron chi connectivity index (χ2n) is 4.65. The number of rotatable bonds is 2. The molecule has 0 unspecified atom stereocenters. The number of nitrogens with zero attached hydrogens (tertiary/aromatic N) is 5. The fourth-order valence-corrected chi connectivity index (χ4v) is 2.20. The summed E-state index contributed by atoms with van der Waals surface area (Å²) in [6.07, 6.45) is 1.75. The maximum absolute atomic E-state index is 4.41. The topological polar surface area (TPSA) is 56.5 Å². The highest BCUT2D eigenvalue weighted by Gasteiger charge is 2.07. The summed E-state index contributed by atoms with van der Waals surface area (Å²) >= 11 is 0. The number of tetrazole rings is 1. The molecule has 0 atom stereocenters. The molecule has 2 heterocycles. The second kappa shape index (κ2) is 4.79. The monoisotopic (exact) mass is 273 g/mol. The summed E-state index contributed by atoms with van der Waals surface area (Å²) < 4.78 is 0. The zero-order valence-corrected chi connectivity index (χ0v) is 11.1. The SMILES string of the molecule is c1ccc(-c2nnn(-c3cnc4ccccc4c3)n2)cc1. The van der Waals surface area contributed by atoms with Crippen LogP contribution in [0.1, 0.15) is 0 Å². The molecule has 0 fully saturated rings. The Labute approximate surface area is 120 Å². The third-order valence-electron chi connectivity index (χ3n) is 3.25. The zero-order valence-electron chi connectivity index (χ0n) is 11.1. The molecule has 0 bridgehead atoms. The van der Waals surface area contributed by atoms with Gasteiger partial charge in [-0.1, -0.05) is 48.5 Å². The van der Waals surface area contributed by atoms with Crippen molar-refractivity contribution in [2.24, 2.45) is 0 Å². The Morgan fingerprint density at radius 2 is 1.67 bits per heavy atom. The van der Waals surface area contributed by atoms with Crippen LogP contribution in [0.15, 0.2) is 66.9 Å². The van der Waals surface area contributed by atoms with Crippen LogP contribution < -0.4 is 0 Å². The summed E-state index contributed by atoms with van der Waals surface area (Å²) in [5.41, 5.74) is 2.69. The molecular weight excluding hydrogens is 262 g/mol. The summed E-state index contributed by atoms with van der Waals surface area (Å²) in [6, 6.07) is 19.7. The minimum absolute atomic E-state index is 0.601. The molecule has 0 saturated heterocycles. The van der Waals surface area contributed by atoms with Gasteiger partial charge in [0.05, 0.1) is 11.7 Å². The van der Waals surface area contributed by atoms with E-state index in [0.29, 0.717) is 5.82 Å². The van der Waals surface area contributed by atoms with Crippen molar-refractivity contribution in [2.45, 2.75) is 0 Å². The van der Waals surface area contributed by atoms with Crippen LogP contribution in [0, 0.1) is 0 Å². The first-order valence-corrected chi connectivity index (χ1v) is 6.61. The second-order valence-corrected chi connectivity index (χ2v) is 4.65. The number of hydrogen-bond acceptors (Lipinski definition) is 4. The fraction of sp³-hybridized carbons (Fsp3) is 0. The highest BCUT2D eigenvalue weighted by molar-refractivity contribution is 5.79. The van der Waals surface area contributed by atoms with Crippen molar-refractivity contribution in [2.75, 3.05) is 0 Å². The van der Waals surface area contributed by atoms with Crippen LogP contribution in [0.25, 0.3) is 28.0 Å². The van der Waals surface area contributed by atoms with E-state index in [4.69, 9.17) is 0 Å². The predicted molar refractivity (Wildman–Crippen MR) is 79.9 cm³/mol. The van der Waals surface area contributed by atoms with Crippen molar-refractivity contribution in [3.8, 4) is 17.1 Å². The van der Waals surface area contributed by atoms with Crippen LogP contribution in [0.5, 0.6) is 0 Å². The first kappa shape index (κ1) is 11.7. The molecule has 0 radical (unpaired) electrons. The standard InChI is InChI=1S/C16H11N5/c1-2-6-12(7-3-1)16-18-20-21(19-16)14-10-13-8-4-5-9-15(13)17-11-14/h1-11H. The molecule has 0 saturated carbocycles. The summed E-state index contributed by atoms with van der Waals surface area (Å²) in [5.74, 6) is 0.601. The molecule has 5 nitrogen and oxygen atoms in total. The number of fused-ring (bicyclic) bond motifs is 1. The maximum atomic E-state index is 4.41. The number of aromatic nitrogens is 5. The molecule has 2 aromatic carbocycles. The largest absolute Gasteiger partial charge is 0.254 e. The zero-order chi connectivity index (χ0) is 14.1. The molecule has 0 N–H and O–H groups in total. The minimum Gasteiger partial charge on any atom is -0.254 e. The third kappa shape index (κ3) is 2.14. The van der Waals surface area contributed by atoms with Crippen molar-refractivity contribution < 1.29 is 0 Å². The van der Waals surface area contributed by atoms with Gasteiger partial charge >= 0.3 is 0 Å². The van der Waals surface area contributed by atoms with E-state index < -0.39 is 0 Å².